The normalized spacial score (nSPS) is 30.0. The van der Waals surface area contributed by atoms with Gasteiger partial charge in [-0.1, -0.05) is 33.6 Å². The van der Waals surface area contributed by atoms with Gasteiger partial charge >= 0.3 is 0 Å². The third kappa shape index (κ3) is 2.70. The molecule has 0 aromatic heterocycles. The molecule has 2 unspecified atom stereocenters. The van der Waals surface area contributed by atoms with Crippen molar-refractivity contribution in [2.45, 2.75) is 59.4 Å². The molecule has 0 radical (unpaired) electrons. The first-order valence-corrected chi connectivity index (χ1v) is 5.81. The Hall–Kier alpha value is -0.0400. The maximum absolute atomic E-state index is 3.57. The van der Waals surface area contributed by atoms with Gasteiger partial charge in [-0.05, 0) is 37.6 Å². The summed E-state index contributed by atoms with van der Waals surface area (Å²) in [6.45, 7) is 10.5. The molecule has 1 aliphatic carbocycles. The van der Waals surface area contributed by atoms with Crippen molar-refractivity contribution in [3.8, 4) is 0 Å². The van der Waals surface area contributed by atoms with E-state index < -0.39 is 0 Å². The first-order chi connectivity index (χ1) is 6.08. The van der Waals surface area contributed by atoms with Crippen molar-refractivity contribution >= 4 is 0 Å². The van der Waals surface area contributed by atoms with Gasteiger partial charge in [0, 0.05) is 6.04 Å². The summed E-state index contributed by atoms with van der Waals surface area (Å²) in [5, 5.41) is 3.57. The van der Waals surface area contributed by atoms with Crippen LogP contribution in [0.15, 0.2) is 0 Å². The summed E-state index contributed by atoms with van der Waals surface area (Å²) in [6, 6.07) is 0.695. The summed E-state index contributed by atoms with van der Waals surface area (Å²) >= 11 is 0. The molecule has 0 aliphatic heterocycles. The quantitative estimate of drug-likeness (QED) is 0.708. The van der Waals surface area contributed by atoms with Gasteiger partial charge in [-0.3, -0.25) is 0 Å². The summed E-state index contributed by atoms with van der Waals surface area (Å²) in [7, 11) is 0. The molecule has 0 aromatic rings. The molecule has 1 fully saturated rings. The van der Waals surface area contributed by atoms with Gasteiger partial charge < -0.3 is 5.32 Å². The predicted octanol–water partition coefficient (Wildman–Crippen LogP) is 3.20. The van der Waals surface area contributed by atoms with Gasteiger partial charge in [0.05, 0.1) is 0 Å². The number of rotatable bonds is 3. The lowest BCUT2D eigenvalue weighted by Gasteiger charge is -2.42. The topological polar surface area (TPSA) is 12.0 Å². The molecule has 0 saturated heterocycles. The second-order valence-corrected chi connectivity index (χ2v) is 5.19. The van der Waals surface area contributed by atoms with Crippen LogP contribution in [-0.2, 0) is 0 Å². The summed E-state index contributed by atoms with van der Waals surface area (Å²) in [6.07, 6.45) is 5.70. The SMILES string of the molecule is CCNC(C)C1CCCCC1(C)C. The van der Waals surface area contributed by atoms with Gasteiger partial charge in [0.15, 0.2) is 0 Å². The summed E-state index contributed by atoms with van der Waals surface area (Å²) in [5.74, 6) is 0.876. The zero-order valence-electron chi connectivity index (χ0n) is 9.69. The van der Waals surface area contributed by atoms with E-state index in [2.05, 4.69) is 33.0 Å². The van der Waals surface area contributed by atoms with Crippen LogP contribution in [0, 0.1) is 11.3 Å². The fourth-order valence-electron chi connectivity index (χ4n) is 2.91. The molecule has 13 heavy (non-hydrogen) atoms. The van der Waals surface area contributed by atoms with Crippen molar-refractivity contribution in [2.75, 3.05) is 6.54 Å². The summed E-state index contributed by atoms with van der Waals surface area (Å²) < 4.78 is 0. The van der Waals surface area contributed by atoms with Crippen LogP contribution >= 0.6 is 0 Å². The molecule has 78 valence electrons. The Bertz CT molecular complexity index is 151. The Labute approximate surface area is 83.3 Å². The Kier molecular flexibility index (Phi) is 3.78. The van der Waals surface area contributed by atoms with Crippen LogP contribution < -0.4 is 5.32 Å². The molecule has 1 aliphatic rings. The Morgan fingerprint density at radius 1 is 1.38 bits per heavy atom. The molecule has 0 amide bonds. The molecule has 0 bridgehead atoms. The van der Waals surface area contributed by atoms with E-state index in [0.717, 1.165) is 12.5 Å². The van der Waals surface area contributed by atoms with E-state index in [1.807, 2.05) is 0 Å². The molecule has 1 saturated carbocycles. The summed E-state index contributed by atoms with van der Waals surface area (Å²) in [4.78, 5) is 0. The van der Waals surface area contributed by atoms with Crippen molar-refractivity contribution in [3.63, 3.8) is 0 Å². The Balaban J connectivity index is 2.54. The van der Waals surface area contributed by atoms with Crippen LogP contribution in [0.2, 0.25) is 0 Å². The standard InChI is InChI=1S/C12H25N/c1-5-13-10(2)11-8-6-7-9-12(11,3)4/h10-11,13H,5-9H2,1-4H3. The van der Waals surface area contributed by atoms with Crippen LogP contribution in [0.3, 0.4) is 0 Å². The van der Waals surface area contributed by atoms with Crippen LogP contribution in [0.5, 0.6) is 0 Å². The van der Waals surface area contributed by atoms with E-state index in [1.54, 1.807) is 0 Å². The monoisotopic (exact) mass is 183 g/mol. The third-order valence-electron chi connectivity index (χ3n) is 3.72. The van der Waals surface area contributed by atoms with E-state index in [9.17, 15) is 0 Å². The average molecular weight is 183 g/mol. The lowest BCUT2D eigenvalue weighted by atomic mass is 9.66. The zero-order chi connectivity index (χ0) is 9.90. The third-order valence-corrected chi connectivity index (χ3v) is 3.72. The lowest BCUT2D eigenvalue weighted by molar-refractivity contribution is 0.105. The minimum absolute atomic E-state index is 0.555. The zero-order valence-corrected chi connectivity index (χ0v) is 9.69. The number of hydrogen-bond acceptors (Lipinski definition) is 1. The van der Waals surface area contributed by atoms with Crippen LogP contribution in [0.25, 0.3) is 0 Å². The molecule has 0 heterocycles. The van der Waals surface area contributed by atoms with Crippen LogP contribution in [0.1, 0.15) is 53.4 Å². The number of nitrogens with one attached hydrogen (secondary N) is 1. The van der Waals surface area contributed by atoms with Gasteiger partial charge in [0.2, 0.25) is 0 Å². The molecule has 0 aromatic carbocycles. The maximum atomic E-state index is 3.57. The highest BCUT2D eigenvalue weighted by Crippen LogP contribution is 2.42. The molecule has 1 rings (SSSR count). The molecule has 2 atom stereocenters. The van der Waals surface area contributed by atoms with Gasteiger partial charge in [-0.25, -0.2) is 0 Å². The second-order valence-electron chi connectivity index (χ2n) is 5.19. The van der Waals surface area contributed by atoms with Gasteiger partial charge in [0.25, 0.3) is 0 Å². The molecule has 1 heteroatoms. The number of hydrogen-bond donors (Lipinski definition) is 1. The van der Waals surface area contributed by atoms with E-state index in [-0.39, 0.29) is 0 Å². The first kappa shape index (κ1) is 11.0. The van der Waals surface area contributed by atoms with Crippen molar-refractivity contribution < 1.29 is 0 Å². The van der Waals surface area contributed by atoms with Crippen molar-refractivity contribution in [1.29, 1.82) is 0 Å². The largest absolute Gasteiger partial charge is 0.314 e. The highest BCUT2D eigenvalue weighted by Gasteiger charge is 2.35. The Morgan fingerprint density at radius 2 is 2.08 bits per heavy atom. The molecule has 0 spiro atoms. The van der Waals surface area contributed by atoms with Gasteiger partial charge in [-0.15, -0.1) is 0 Å². The van der Waals surface area contributed by atoms with Crippen molar-refractivity contribution in [3.05, 3.63) is 0 Å². The Morgan fingerprint density at radius 3 is 2.62 bits per heavy atom. The fraction of sp³-hybridized carbons (Fsp3) is 1.00. The first-order valence-electron chi connectivity index (χ1n) is 5.81. The van der Waals surface area contributed by atoms with Crippen molar-refractivity contribution in [1.82, 2.24) is 5.32 Å². The van der Waals surface area contributed by atoms with E-state index in [0.29, 0.717) is 11.5 Å². The summed E-state index contributed by atoms with van der Waals surface area (Å²) in [5.41, 5.74) is 0.555. The smallest absolute Gasteiger partial charge is 0.00719 e. The lowest BCUT2D eigenvalue weighted by Crippen LogP contribution is -2.42. The van der Waals surface area contributed by atoms with E-state index >= 15 is 0 Å². The maximum Gasteiger partial charge on any atom is 0.00719 e. The molecular weight excluding hydrogens is 158 g/mol. The van der Waals surface area contributed by atoms with Crippen LogP contribution in [-0.4, -0.2) is 12.6 Å². The van der Waals surface area contributed by atoms with Crippen molar-refractivity contribution in [2.24, 2.45) is 11.3 Å². The minimum atomic E-state index is 0.555. The van der Waals surface area contributed by atoms with E-state index in [4.69, 9.17) is 0 Å². The van der Waals surface area contributed by atoms with Crippen LogP contribution in [0.4, 0.5) is 0 Å². The molecular formula is C12H25N. The average Bonchev–Trinajstić information content (AvgIpc) is 2.03. The molecule has 1 nitrogen and oxygen atoms in total. The van der Waals surface area contributed by atoms with Gasteiger partial charge in [0.1, 0.15) is 0 Å². The minimum Gasteiger partial charge on any atom is -0.314 e. The highest BCUT2D eigenvalue weighted by atomic mass is 14.9. The highest BCUT2D eigenvalue weighted by molar-refractivity contribution is 4.88. The second kappa shape index (κ2) is 4.45. The fourth-order valence-corrected chi connectivity index (χ4v) is 2.91. The van der Waals surface area contributed by atoms with Gasteiger partial charge in [-0.2, -0.15) is 0 Å². The molecule has 1 N–H and O–H groups in total. The van der Waals surface area contributed by atoms with E-state index in [1.165, 1.54) is 25.7 Å². The predicted molar refractivity (Wildman–Crippen MR) is 58.9 cm³/mol.